The van der Waals surface area contributed by atoms with Crippen LogP contribution in [0.2, 0.25) is 5.02 Å². The van der Waals surface area contributed by atoms with Gasteiger partial charge in [-0.15, -0.1) is 0 Å². The van der Waals surface area contributed by atoms with Crippen molar-refractivity contribution in [2.24, 2.45) is 0 Å². The van der Waals surface area contributed by atoms with E-state index in [4.69, 9.17) is 16.1 Å². The second-order valence-electron chi connectivity index (χ2n) is 5.88. The highest BCUT2D eigenvalue weighted by Crippen LogP contribution is 2.30. The molecule has 2 aromatic carbocycles. The Morgan fingerprint density at radius 3 is 2.36 bits per heavy atom. The average Bonchev–Trinajstić information content (AvgIpc) is 3.08. The van der Waals surface area contributed by atoms with Crippen molar-refractivity contribution >= 4 is 27.6 Å². The molecule has 1 atom stereocenters. The highest BCUT2D eigenvalue weighted by Gasteiger charge is 2.30. The lowest BCUT2D eigenvalue weighted by molar-refractivity contribution is 0.0694. The lowest BCUT2D eigenvalue weighted by Gasteiger charge is -2.12. The number of carboxylic acid groups (broad SMARTS) is 1. The predicted octanol–water partition coefficient (Wildman–Crippen LogP) is 3.87. The van der Waals surface area contributed by atoms with Crippen molar-refractivity contribution in [2.75, 3.05) is 0 Å². The molecule has 0 aliphatic heterocycles. The van der Waals surface area contributed by atoms with Gasteiger partial charge in [0.1, 0.15) is 17.1 Å². The lowest BCUT2D eigenvalue weighted by atomic mass is 10.0. The molecule has 0 aliphatic carbocycles. The third-order valence-electron chi connectivity index (χ3n) is 3.90. The van der Waals surface area contributed by atoms with Crippen LogP contribution in [0, 0.1) is 5.82 Å². The molecule has 0 radical (unpaired) electrons. The van der Waals surface area contributed by atoms with Crippen molar-refractivity contribution in [3.05, 3.63) is 70.7 Å². The van der Waals surface area contributed by atoms with E-state index in [2.05, 4.69) is 9.88 Å². The SMILES string of the molecule is CC(NS(=O)(=O)c1ccc(Cl)cc1)c1onc(-c2ccc(F)cc2)c1C(=O)O. The molecule has 10 heteroatoms. The minimum atomic E-state index is -3.97. The fraction of sp³-hybridized carbons (Fsp3) is 0.111. The van der Waals surface area contributed by atoms with Gasteiger partial charge in [-0.3, -0.25) is 0 Å². The van der Waals surface area contributed by atoms with E-state index in [-0.39, 0.29) is 21.9 Å². The minimum Gasteiger partial charge on any atom is -0.477 e. The van der Waals surface area contributed by atoms with Crippen LogP contribution in [-0.2, 0) is 10.0 Å². The molecular weight excluding hydrogens is 411 g/mol. The first-order valence-electron chi connectivity index (χ1n) is 7.96. The summed E-state index contributed by atoms with van der Waals surface area (Å²) in [5.74, 6) is -2.02. The average molecular weight is 425 g/mol. The summed E-state index contributed by atoms with van der Waals surface area (Å²) >= 11 is 5.76. The number of halogens is 2. The number of aromatic nitrogens is 1. The van der Waals surface area contributed by atoms with E-state index in [9.17, 15) is 22.7 Å². The van der Waals surface area contributed by atoms with Crippen LogP contribution in [-0.4, -0.2) is 24.7 Å². The number of nitrogens with zero attached hydrogens (tertiary/aromatic N) is 1. The molecule has 3 rings (SSSR count). The number of carboxylic acids is 1. The summed E-state index contributed by atoms with van der Waals surface area (Å²) in [5, 5.41) is 13.7. The maximum Gasteiger partial charge on any atom is 0.341 e. The van der Waals surface area contributed by atoms with E-state index >= 15 is 0 Å². The molecule has 0 fully saturated rings. The Labute approximate surface area is 164 Å². The molecule has 3 aromatic rings. The van der Waals surface area contributed by atoms with Crippen LogP contribution in [0.4, 0.5) is 4.39 Å². The smallest absolute Gasteiger partial charge is 0.341 e. The number of nitrogens with one attached hydrogen (secondary N) is 1. The summed E-state index contributed by atoms with van der Waals surface area (Å²) in [7, 11) is -3.97. The van der Waals surface area contributed by atoms with Gasteiger partial charge in [0.15, 0.2) is 5.76 Å². The maximum atomic E-state index is 13.1. The van der Waals surface area contributed by atoms with Gasteiger partial charge in [0, 0.05) is 10.6 Å². The molecule has 0 spiro atoms. The normalized spacial score (nSPS) is 12.7. The second-order valence-corrected chi connectivity index (χ2v) is 8.03. The number of hydrogen-bond acceptors (Lipinski definition) is 5. The zero-order chi connectivity index (χ0) is 20.5. The summed E-state index contributed by atoms with van der Waals surface area (Å²) in [6.45, 7) is 1.43. The third-order valence-corrected chi connectivity index (χ3v) is 5.71. The number of sulfonamides is 1. The Morgan fingerprint density at radius 1 is 1.18 bits per heavy atom. The van der Waals surface area contributed by atoms with Crippen molar-refractivity contribution < 1.29 is 27.2 Å². The molecular formula is C18H14ClFN2O5S. The molecule has 2 N–H and O–H groups in total. The van der Waals surface area contributed by atoms with E-state index in [1.807, 2.05) is 0 Å². The van der Waals surface area contributed by atoms with Gasteiger partial charge in [-0.25, -0.2) is 22.3 Å². The Bertz CT molecular complexity index is 1110. The first kappa shape index (κ1) is 20.0. The summed E-state index contributed by atoms with van der Waals surface area (Å²) in [4.78, 5) is 11.7. The van der Waals surface area contributed by atoms with Gasteiger partial charge in [-0.1, -0.05) is 16.8 Å². The van der Waals surface area contributed by atoms with Crippen LogP contribution >= 0.6 is 11.6 Å². The highest BCUT2D eigenvalue weighted by molar-refractivity contribution is 7.89. The van der Waals surface area contributed by atoms with E-state index in [1.165, 1.54) is 43.3 Å². The summed E-state index contributed by atoms with van der Waals surface area (Å²) in [6, 6.07) is 9.46. The van der Waals surface area contributed by atoms with Gasteiger partial charge in [-0.05, 0) is 55.5 Å². The predicted molar refractivity (Wildman–Crippen MR) is 99.0 cm³/mol. The molecule has 146 valence electrons. The van der Waals surface area contributed by atoms with Crippen LogP contribution in [0.3, 0.4) is 0 Å². The first-order valence-corrected chi connectivity index (χ1v) is 9.82. The molecule has 0 saturated carbocycles. The zero-order valence-corrected chi connectivity index (χ0v) is 16.0. The van der Waals surface area contributed by atoms with E-state index in [0.29, 0.717) is 10.6 Å². The van der Waals surface area contributed by atoms with Gasteiger partial charge in [0.2, 0.25) is 10.0 Å². The number of benzene rings is 2. The van der Waals surface area contributed by atoms with Gasteiger partial charge < -0.3 is 9.63 Å². The Hall–Kier alpha value is -2.75. The van der Waals surface area contributed by atoms with Crippen LogP contribution in [0.25, 0.3) is 11.3 Å². The summed E-state index contributed by atoms with van der Waals surface area (Å²) in [6.07, 6.45) is 0. The molecule has 1 aromatic heterocycles. The number of hydrogen-bond donors (Lipinski definition) is 2. The van der Waals surface area contributed by atoms with E-state index < -0.39 is 27.9 Å². The molecule has 0 bridgehead atoms. The van der Waals surface area contributed by atoms with Crippen molar-refractivity contribution in [2.45, 2.75) is 17.9 Å². The molecule has 7 nitrogen and oxygen atoms in total. The molecule has 0 aliphatic rings. The van der Waals surface area contributed by atoms with E-state index in [0.717, 1.165) is 12.1 Å². The summed E-state index contributed by atoms with van der Waals surface area (Å²) < 4.78 is 45.6. The number of rotatable bonds is 6. The Kier molecular flexibility index (Phi) is 5.50. The zero-order valence-electron chi connectivity index (χ0n) is 14.4. The van der Waals surface area contributed by atoms with Crippen molar-refractivity contribution in [3.63, 3.8) is 0 Å². The van der Waals surface area contributed by atoms with Crippen molar-refractivity contribution in [3.8, 4) is 11.3 Å². The van der Waals surface area contributed by atoms with Crippen molar-refractivity contribution in [1.82, 2.24) is 9.88 Å². The lowest BCUT2D eigenvalue weighted by Crippen LogP contribution is -2.27. The topological polar surface area (TPSA) is 110 Å². The van der Waals surface area contributed by atoms with Crippen LogP contribution in [0.15, 0.2) is 57.9 Å². The third kappa shape index (κ3) is 4.06. The summed E-state index contributed by atoms with van der Waals surface area (Å²) in [5.41, 5.74) is -0.0143. The number of aromatic carboxylic acids is 1. The van der Waals surface area contributed by atoms with Gasteiger partial charge in [-0.2, -0.15) is 0 Å². The quantitative estimate of drug-likeness (QED) is 0.621. The van der Waals surface area contributed by atoms with E-state index in [1.54, 1.807) is 0 Å². The van der Waals surface area contributed by atoms with Gasteiger partial charge in [0.25, 0.3) is 0 Å². The fourth-order valence-corrected chi connectivity index (χ4v) is 3.91. The molecule has 28 heavy (non-hydrogen) atoms. The Morgan fingerprint density at radius 2 is 1.79 bits per heavy atom. The van der Waals surface area contributed by atoms with Gasteiger partial charge in [0.05, 0.1) is 10.9 Å². The standard InChI is InChI=1S/C18H14ClFN2O5S/c1-10(22-28(25,26)14-8-4-12(19)5-9-14)17-15(18(23)24)16(21-27-17)11-2-6-13(20)7-3-11/h2-10,22H,1H3,(H,23,24). The van der Waals surface area contributed by atoms with Crippen molar-refractivity contribution in [1.29, 1.82) is 0 Å². The molecule has 0 amide bonds. The molecule has 0 saturated heterocycles. The largest absolute Gasteiger partial charge is 0.477 e. The first-order chi connectivity index (χ1) is 13.2. The van der Waals surface area contributed by atoms with Crippen LogP contribution < -0.4 is 4.72 Å². The second kappa shape index (κ2) is 7.70. The maximum absolute atomic E-state index is 13.1. The van der Waals surface area contributed by atoms with Gasteiger partial charge >= 0.3 is 5.97 Å². The highest BCUT2D eigenvalue weighted by atomic mass is 35.5. The van der Waals surface area contributed by atoms with Crippen LogP contribution in [0.1, 0.15) is 29.1 Å². The minimum absolute atomic E-state index is 0.0277. The molecule has 1 heterocycles. The fourth-order valence-electron chi connectivity index (χ4n) is 2.58. The number of carbonyl (C=O) groups is 1. The molecule has 1 unspecified atom stereocenters. The Balaban J connectivity index is 1.95. The monoisotopic (exact) mass is 424 g/mol. The van der Waals surface area contributed by atoms with Crippen LogP contribution in [0.5, 0.6) is 0 Å².